The van der Waals surface area contributed by atoms with E-state index >= 15 is 0 Å². The number of hydrogen-bond donors (Lipinski definition) is 1. The highest BCUT2D eigenvalue weighted by Gasteiger charge is 2.24. The van der Waals surface area contributed by atoms with Gasteiger partial charge in [-0.15, -0.1) is 0 Å². The highest BCUT2D eigenvalue weighted by molar-refractivity contribution is 9.11. The normalized spacial score (nSPS) is 12.1. The molecule has 21 heavy (non-hydrogen) atoms. The molecule has 0 spiro atoms. The molecule has 0 aliphatic heterocycles. The van der Waals surface area contributed by atoms with E-state index in [1.165, 1.54) is 20.3 Å². The van der Waals surface area contributed by atoms with E-state index in [4.69, 9.17) is 9.47 Å². The SMILES string of the molecule is COc1ccc(C(O)c2c(F)cccc2Br)c(OC)c1Br. The monoisotopic (exact) mass is 418 g/mol. The Labute approximate surface area is 139 Å². The van der Waals surface area contributed by atoms with Gasteiger partial charge < -0.3 is 14.6 Å². The number of halogens is 3. The van der Waals surface area contributed by atoms with Gasteiger partial charge in [-0.2, -0.15) is 0 Å². The minimum absolute atomic E-state index is 0.160. The molecular weight excluding hydrogens is 407 g/mol. The average Bonchev–Trinajstić information content (AvgIpc) is 2.46. The lowest BCUT2D eigenvalue weighted by atomic mass is 10.00. The van der Waals surface area contributed by atoms with E-state index in [2.05, 4.69) is 31.9 Å². The van der Waals surface area contributed by atoms with Crippen LogP contribution in [0.4, 0.5) is 4.39 Å². The van der Waals surface area contributed by atoms with Crippen molar-refractivity contribution in [2.45, 2.75) is 6.10 Å². The fourth-order valence-corrected chi connectivity index (χ4v) is 3.30. The molecule has 2 rings (SSSR count). The lowest BCUT2D eigenvalue weighted by molar-refractivity contribution is 0.208. The summed E-state index contributed by atoms with van der Waals surface area (Å²) in [5.41, 5.74) is 0.601. The predicted molar refractivity (Wildman–Crippen MR) is 85.4 cm³/mol. The maximum Gasteiger partial charge on any atom is 0.142 e. The molecule has 3 nitrogen and oxygen atoms in total. The van der Waals surface area contributed by atoms with Crippen LogP contribution in [0, 0.1) is 5.82 Å². The largest absolute Gasteiger partial charge is 0.495 e. The van der Waals surface area contributed by atoms with E-state index in [1.807, 2.05) is 0 Å². The van der Waals surface area contributed by atoms with Gasteiger partial charge in [0.2, 0.25) is 0 Å². The van der Waals surface area contributed by atoms with Crippen molar-refractivity contribution in [2.24, 2.45) is 0 Å². The maximum atomic E-state index is 14.0. The molecule has 0 fully saturated rings. The van der Waals surface area contributed by atoms with Crippen LogP contribution in [0.5, 0.6) is 11.5 Å². The quantitative estimate of drug-likeness (QED) is 0.795. The Morgan fingerprint density at radius 1 is 1.10 bits per heavy atom. The first kappa shape index (κ1) is 16.3. The summed E-state index contributed by atoms with van der Waals surface area (Å²) in [6, 6.07) is 7.86. The molecule has 0 bridgehead atoms. The third kappa shape index (κ3) is 3.07. The van der Waals surface area contributed by atoms with Gasteiger partial charge in [-0.3, -0.25) is 0 Å². The Morgan fingerprint density at radius 2 is 1.81 bits per heavy atom. The van der Waals surface area contributed by atoms with Gasteiger partial charge in [0, 0.05) is 15.6 Å². The van der Waals surface area contributed by atoms with Crippen molar-refractivity contribution < 1.29 is 19.0 Å². The summed E-state index contributed by atoms with van der Waals surface area (Å²) in [5, 5.41) is 10.5. The van der Waals surface area contributed by atoms with Gasteiger partial charge in [-0.05, 0) is 40.2 Å². The molecule has 2 aromatic carbocycles. The van der Waals surface area contributed by atoms with Crippen LogP contribution in [0.15, 0.2) is 39.3 Å². The summed E-state index contributed by atoms with van der Waals surface area (Å²) in [7, 11) is 3.01. The summed E-state index contributed by atoms with van der Waals surface area (Å²) in [6.45, 7) is 0. The van der Waals surface area contributed by atoms with Gasteiger partial charge >= 0.3 is 0 Å². The topological polar surface area (TPSA) is 38.7 Å². The summed E-state index contributed by atoms with van der Waals surface area (Å²) in [4.78, 5) is 0. The smallest absolute Gasteiger partial charge is 0.142 e. The highest BCUT2D eigenvalue weighted by Crippen LogP contribution is 2.42. The van der Waals surface area contributed by atoms with Crippen molar-refractivity contribution in [3.63, 3.8) is 0 Å². The number of aliphatic hydroxyl groups is 1. The van der Waals surface area contributed by atoms with E-state index in [0.717, 1.165) is 0 Å². The van der Waals surface area contributed by atoms with Crippen LogP contribution < -0.4 is 9.47 Å². The van der Waals surface area contributed by atoms with Crippen LogP contribution in [-0.4, -0.2) is 19.3 Å². The van der Waals surface area contributed by atoms with Crippen molar-refractivity contribution in [3.05, 3.63) is 56.2 Å². The zero-order chi connectivity index (χ0) is 15.6. The van der Waals surface area contributed by atoms with Crippen LogP contribution in [-0.2, 0) is 0 Å². The Kier molecular flexibility index (Phi) is 5.24. The lowest BCUT2D eigenvalue weighted by Crippen LogP contribution is -2.06. The second-order valence-electron chi connectivity index (χ2n) is 4.24. The second kappa shape index (κ2) is 6.77. The first-order valence-electron chi connectivity index (χ1n) is 6.03. The first-order valence-corrected chi connectivity index (χ1v) is 7.62. The van der Waals surface area contributed by atoms with Crippen LogP contribution in [0.25, 0.3) is 0 Å². The Hall–Kier alpha value is -1.11. The van der Waals surface area contributed by atoms with E-state index in [1.54, 1.807) is 24.3 Å². The maximum absolute atomic E-state index is 14.0. The molecule has 0 saturated heterocycles. The van der Waals surface area contributed by atoms with E-state index in [0.29, 0.717) is 26.0 Å². The molecule has 0 saturated carbocycles. The molecule has 2 aromatic rings. The Bertz CT molecular complexity index is 641. The number of benzene rings is 2. The second-order valence-corrected chi connectivity index (χ2v) is 5.89. The Morgan fingerprint density at radius 3 is 2.38 bits per heavy atom. The van der Waals surface area contributed by atoms with Crippen LogP contribution in [0.1, 0.15) is 17.2 Å². The Balaban J connectivity index is 2.59. The fraction of sp³-hybridized carbons (Fsp3) is 0.200. The first-order chi connectivity index (χ1) is 10.0. The van der Waals surface area contributed by atoms with Crippen molar-refractivity contribution in [1.82, 2.24) is 0 Å². The van der Waals surface area contributed by atoms with Crippen molar-refractivity contribution in [2.75, 3.05) is 14.2 Å². The molecule has 0 aromatic heterocycles. The van der Waals surface area contributed by atoms with E-state index < -0.39 is 11.9 Å². The zero-order valence-electron chi connectivity index (χ0n) is 11.4. The molecule has 6 heteroatoms. The fourth-order valence-electron chi connectivity index (χ4n) is 2.06. The van der Waals surface area contributed by atoms with Gasteiger partial charge in [0.15, 0.2) is 0 Å². The average molecular weight is 420 g/mol. The number of aliphatic hydroxyl groups excluding tert-OH is 1. The molecule has 1 N–H and O–H groups in total. The van der Waals surface area contributed by atoms with Crippen LogP contribution >= 0.6 is 31.9 Å². The third-order valence-corrected chi connectivity index (χ3v) is 4.53. The molecule has 0 heterocycles. The molecule has 0 aliphatic carbocycles. The number of ether oxygens (including phenoxy) is 2. The van der Waals surface area contributed by atoms with Crippen molar-refractivity contribution in [3.8, 4) is 11.5 Å². The number of rotatable bonds is 4. The summed E-state index contributed by atoms with van der Waals surface area (Å²) < 4.78 is 25.6. The molecule has 112 valence electrons. The number of methoxy groups -OCH3 is 2. The van der Waals surface area contributed by atoms with Gasteiger partial charge in [-0.1, -0.05) is 22.0 Å². The van der Waals surface area contributed by atoms with E-state index in [9.17, 15) is 9.50 Å². The predicted octanol–water partition coefficient (Wildman–Crippen LogP) is 4.45. The van der Waals surface area contributed by atoms with Gasteiger partial charge in [0.25, 0.3) is 0 Å². The molecular formula is C15H13Br2FO3. The summed E-state index contributed by atoms with van der Waals surface area (Å²) in [6.07, 6.45) is -1.17. The summed E-state index contributed by atoms with van der Waals surface area (Å²) in [5.74, 6) is 0.471. The third-order valence-electron chi connectivity index (χ3n) is 3.08. The molecule has 0 aliphatic rings. The van der Waals surface area contributed by atoms with Crippen LogP contribution in [0.2, 0.25) is 0 Å². The van der Waals surface area contributed by atoms with E-state index in [-0.39, 0.29) is 5.56 Å². The van der Waals surface area contributed by atoms with Gasteiger partial charge in [0.1, 0.15) is 27.9 Å². The molecule has 1 atom stereocenters. The zero-order valence-corrected chi connectivity index (χ0v) is 14.5. The minimum atomic E-state index is -1.17. The molecule has 1 unspecified atom stereocenters. The minimum Gasteiger partial charge on any atom is -0.495 e. The lowest BCUT2D eigenvalue weighted by Gasteiger charge is -2.19. The highest BCUT2D eigenvalue weighted by atomic mass is 79.9. The van der Waals surface area contributed by atoms with Crippen molar-refractivity contribution >= 4 is 31.9 Å². The molecule has 0 radical (unpaired) electrons. The van der Waals surface area contributed by atoms with Crippen molar-refractivity contribution in [1.29, 1.82) is 0 Å². The van der Waals surface area contributed by atoms with Gasteiger partial charge in [0.05, 0.1) is 14.2 Å². The number of hydrogen-bond acceptors (Lipinski definition) is 3. The standard InChI is InChI=1S/C15H13Br2FO3/c1-20-11-7-6-8(15(21-2)13(11)17)14(19)12-9(16)4-3-5-10(12)18/h3-7,14,19H,1-2H3. The molecule has 0 amide bonds. The summed E-state index contributed by atoms with van der Waals surface area (Å²) >= 11 is 6.62. The van der Waals surface area contributed by atoms with Gasteiger partial charge in [-0.25, -0.2) is 4.39 Å². The van der Waals surface area contributed by atoms with Crippen LogP contribution in [0.3, 0.4) is 0 Å².